The van der Waals surface area contributed by atoms with E-state index in [2.05, 4.69) is 30.6 Å². The molecule has 0 heterocycles. The van der Waals surface area contributed by atoms with Crippen LogP contribution in [-0.2, 0) is 0 Å². The minimum absolute atomic E-state index is 0.832. The standard InChI is InChI=1S/C18H31N/c1-15(14-19-2)16-10-7-11-18(13-12-16)17-8-5-3-4-6-9-17/h3,5,14,16-19H,4,6-13H2,1-2H3/b15-14+/t16?,17-,18+/m1/s1. The molecule has 0 aromatic rings. The van der Waals surface area contributed by atoms with Crippen molar-refractivity contribution in [2.45, 2.75) is 64.7 Å². The molecular formula is C18H31N. The molecule has 0 spiro atoms. The van der Waals surface area contributed by atoms with Gasteiger partial charge in [-0.15, -0.1) is 0 Å². The van der Waals surface area contributed by atoms with E-state index in [1.807, 2.05) is 7.05 Å². The van der Waals surface area contributed by atoms with Gasteiger partial charge in [-0.05, 0) is 75.8 Å². The Hall–Kier alpha value is -0.720. The first-order valence-corrected chi connectivity index (χ1v) is 8.30. The molecule has 0 bridgehead atoms. The highest BCUT2D eigenvalue weighted by molar-refractivity contribution is 5.03. The van der Waals surface area contributed by atoms with Gasteiger partial charge in [-0.1, -0.05) is 30.6 Å². The highest BCUT2D eigenvalue weighted by Crippen LogP contribution is 2.38. The summed E-state index contributed by atoms with van der Waals surface area (Å²) in [7, 11) is 2.01. The zero-order valence-corrected chi connectivity index (χ0v) is 12.8. The fourth-order valence-electron chi connectivity index (χ4n) is 4.04. The first kappa shape index (κ1) is 14.7. The third-order valence-electron chi connectivity index (χ3n) is 5.25. The van der Waals surface area contributed by atoms with Crippen LogP contribution in [0.15, 0.2) is 23.9 Å². The van der Waals surface area contributed by atoms with Crippen molar-refractivity contribution >= 4 is 0 Å². The second-order valence-corrected chi connectivity index (χ2v) is 6.54. The van der Waals surface area contributed by atoms with E-state index in [9.17, 15) is 0 Å². The highest BCUT2D eigenvalue weighted by atomic mass is 14.8. The van der Waals surface area contributed by atoms with Crippen molar-refractivity contribution in [2.75, 3.05) is 7.05 Å². The maximum atomic E-state index is 3.20. The zero-order chi connectivity index (χ0) is 13.5. The maximum absolute atomic E-state index is 3.20. The van der Waals surface area contributed by atoms with Crippen molar-refractivity contribution in [1.82, 2.24) is 5.32 Å². The van der Waals surface area contributed by atoms with E-state index in [-0.39, 0.29) is 0 Å². The third-order valence-corrected chi connectivity index (χ3v) is 5.25. The van der Waals surface area contributed by atoms with E-state index in [4.69, 9.17) is 0 Å². The smallest absolute Gasteiger partial charge is 0.00276 e. The van der Waals surface area contributed by atoms with E-state index in [1.165, 1.54) is 57.8 Å². The molecule has 0 saturated heterocycles. The van der Waals surface area contributed by atoms with Crippen LogP contribution in [0, 0.1) is 17.8 Å². The molecule has 0 aromatic heterocycles. The largest absolute Gasteiger partial charge is 0.394 e. The van der Waals surface area contributed by atoms with Crippen LogP contribution in [0.5, 0.6) is 0 Å². The summed E-state index contributed by atoms with van der Waals surface area (Å²) >= 11 is 0. The topological polar surface area (TPSA) is 12.0 Å². The molecule has 0 amide bonds. The third kappa shape index (κ3) is 4.40. The van der Waals surface area contributed by atoms with Crippen molar-refractivity contribution in [3.05, 3.63) is 23.9 Å². The van der Waals surface area contributed by atoms with E-state index in [0.717, 1.165) is 17.8 Å². The van der Waals surface area contributed by atoms with E-state index < -0.39 is 0 Å². The fraction of sp³-hybridized carbons (Fsp3) is 0.778. The predicted octanol–water partition coefficient (Wildman–Crippen LogP) is 5.05. The van der Waals surface area contributed by atoms with Crippen molar-refractivity contribution in [2.24, 2.45) is 17.8 Å². The molecular weight excluding hydrogens is 230 g/mol. The molecule has 1 unspecified atom stereocenters. The van der Waals surface area contributed by atoms with Gasteiger partial charge >= 0.3 is 0 Å². The van der Waals surface area contributed by atoms with Crippen molar-refractivity contribution in [3.63, 3.8) is 0 Å². The van der Waals surface area contributed by atoms with Crippen LogP contribution in [0.3, 0.4) is 0 Å². The summed E-state index contributed by atoms with van der Waals surface area (Å²) in [5, 5.41) is 3.20. The van der Waals surface area contributed by atoms with Gasteiger partial charge in [0.25, 0.3) is 0 Å². The molecule has 3 atom stereocenters. The molecule has 19 heavy (non-hydrogen) atoms. The Labute approximate surface area is 119 Å². The van der Waals surface area contributed by atoms with Gasteiger partial charge in [0, 0.05) is 7.05 Å². The van der Waals surface area contributed by atoms with Crippen molar-refractivity contribution in [3.8, 4) is 0 Å². The Bertz CT molecular complexity index is 316. The predicted molar refractivity (Wildman–Crippen MR) is 84.0 cm³/mol. The number of nitrogens with one attached hydrogen (secondary N) is 1. The SMILES string of the molecule is CN/C=C(\C)C1CCC[C@H]([C@@H]2CC=CCCC2)CC1. The molecule has 2 aliphatic rings. The summed E-state index contributed by atoms with van der Waals surface area (Å²) in [5.41, 5.74) is 1.56. The Balaban J connectivity index is 1.89. The van der Waals surface area contributed by atoms with Crippen molar-refractivity contribution in [1.29, 1.82) is 0 Å². The molecule has 1 saturated carbocycles. The lowest BCUT2D eigenvalue weighted by Crippen LogP contribution is -2.13. The summed E-state index contributed by atoms with van der Waals surface area (Å²) in [6.07, 6.45) is 19.8. The van der Waals surface area contributed by atoms with E-state index in [0.29, 0.717) is 0 Å². The quantitative estimate of drug-likeness (QED) is 0.553. The summed E-state index contributed by atoms with van der Waals surface area (Å²) in [6, 6.07) is 0. The molecule has 108 valence electrons. The van der Waals surface area contributed by atoms with Gasteiger partial charge in [0.15, 0.2) is 0 Å². The number of hydrogen-bond acceptors (Lipinski definition) is 1. The number of allylic oxidation sites excluding steroid dienone is 3. The van der Waals surface area contributed by atoms with Gasteiger partial charge in [0.1, 0.15) is 0 Å². The van der Waals surface area contributed by atoms with E-state index >= 15 is 0 Å². The minimum Gasteiger partial charge on any atom is -0.394 e. The average molecular weight is 261 g/mol. The fourth-order valence-corrected chi connectivity index (χ4v) is 4.04. The first-order valence-electron chi connectivity index (χ1n) is 8.30. The molecule has 1 heteroatoms. The van der Waals surface area contributed by atoms with Crippen LogP contribution in [0.1, 0.15) is 64.7 Å². The average Bonchev–Trinajstić information content (AvgIpc) is 2.81. The Kier molecular flexibility index (Phi) is 6.00. The molecule has 2 aliphatic carbocycles. The van der Waals surface area contributed by atoms with E-state index in [1.54, 1.807) is 5.57 Å². The van der Waals surface area contributed by atoms with Gasteiger partial charge in [-0.3, -0.25) is 0 Å². The lowest BCUT2D eigenvalue weighted by molar-refractivity contribution is 0.280. The molecule has 0 radical (unpaired) electrons. The normalized spacial score (nSPS) is 33.6. The van der Waals surface area contributed by atoms with Crippen LogP contribution >= 0.6 is 0 Å². The monoisotopic (exact) mass is 261 g/mol. The van der Waals surface area contributed by atoms with Crippen LogP contribution in [0.4, 0.5) is 0 Å². The Morgan fingerprint density at radius 1 is 1.00 bits per heavy atom. The Morgan fingerprint density at radius 3 is 2.68 bits per heavy atom. The van der Waals surface area contributed by atoms with Crippen LogP contribution in [0.25, 0.3) is 0 Å². The number of rotatable bonds is 3. The summed E-state index contributed by atoms with van der Waals surface area (Å²) in [4.78, 5) is 0. The van der Waals surface area contributed by atoms with Crippen LogP contribution in [-0.4, -0.2) is 7.05 Å². The lowest BCUT2D eigenvalue weighted by Gasteiger charge is -2.24. The Morgan fingerprint density at radius 2 is 1.84 bits per heavy atom. The van der Waals surface area contributed by atoms with Crippen molar-refractivity contribution < 1.29 is 0 Å². The maximum Gasteiger partial charge on any atom is 0.00276 e. The summed E-state index contributed by atoms with van der Waals surface area (Å²) < 4.78 is 0. The highest BCUT2D eigenvalue weighted by Gasteiger charge is 2.25. The second-order valence-electron chi connectivity index (χ2n) is 6.54. The molecule has 2 rings (SSSR count). The molecule has 0 aromatic carbocycles. The molecule has 1 nitrogen and oxygen atoms in total. The molecule has 1 fully saturated rings. The lowest BCUT2D eigenvalue weighted by atomic mass is 9.81. The summed E-state index contributed by atoms with van der Waals surface area (Å²) in [6.45, 7) is 2.30. The minimum atomic E-state index is 0.832. The van der Waals surface area contributed by atoms with Gasteiger partial charge in [0.05, 0.1) is 0 Å². The first-order chi connectivity index (χ1) is 9.31. The van der Waals surface area contributed by atoms with Gasteiger partial charge in [0.2, 0.25) is 0 Å². The van der Waals surface area contributed by atoms with Gasteiger partial charge in [-0.2, -0.15) is 0 Å². The summed E-state index contributed by atoms with van der Waals surface area (Å²) in [5.74, 6) is 2.81. The van der Waals surface area contributed by atoms with Crippen LogP contribution in [0.2, 0.25) is 0 Å². The zero-order valence-electron chi connectivity index (χ0n) is 12.8. The second kappa shape index (κ2) is 7.77. The van der Waals surface area contributed by atoms with Gasteiger partial charge in [-0.25, -0.2) is 0 Å². The van der Waals surface area contributed by atoms with Gasteiger partial charge < -0.3 is 5.32 Å². The van der Waals surface area contributed by atoms with Crippen LogP contribution < -0.4 is 5.32 Å². The molecule has 0 aliphatic heterocycles. The number of hydrogen-bond donors (Lipinski definition) is 1. The molecule has 1 N–H and O–H groups in total.